The van der Waals surface area contributed by atoms with E-state index in [1.54, 1.807) is 18.6 Å². The molecule has 4 N–H and O–H groups in total. The maximum Gasteiger partial charge on any atom is 0.224 e. The summed E-state index contributed by atoms with van der Waals surface area (Å²) in [4.78, 5) is 12.3. The molecule has 0 saturated heterocycles. The van der Waals surface area contributed by atoms with Crippen LogP contribution in [0.5, 0.6) is 0 Å². The molecule has 0 amide bonds. The van der Waals surface area contributed by atoms with Crippen LogP contribution in [0.1, 0.15) is 0 Å². The first-order valence-corrected chi connectivity index (χ1v) is 5.86. The van der Waals surface area contributed by atoms with Crippen LogP contribution in [0.4, 0.5) is 17.5 Å². The van der Waals surface area contributed by atoms with Gasteiger partial charge in [-0.2, -0.15) is 15.1 Å². The van der Waals surface area contributed by atoms with Gasteiger partial charge in [-0.25, -0.2) is 0 Å². The zero-order valence-electron chi connectivity index (χ0n) is 9.05. The second kappa shape index (κ2) is 4.22. The fraction of sp³-hybridized carbons (Fsp3) is 0. The van der Waals surface area contributed by atoms with E-state index < -0.39 is 0 Å². The van der Waals surface area contributed by atoms with Crippen LogP contribution in [0.25, 0.3) is 11.0 Å². The molecule has 7 nitrogen and oxygen atoms in total. The molecule has 3 heterocycles. The summed E-state index contributed by atoms with van der Waals surface area (Å²) >= 11 is 3.35. The lowest BCUT2D eigenvalue weighted by Gasteiger charge is -2.06. The molecule has 0 atom stereocenters. The van der Waals surface area contributed by atoms with Crippen molar-refractivity contribution >= 4 is 44.4 Å². The number of anilines is 3. The highest BCUT2D eigenvalue weighted by Crippen LogP contribution is 2.23. The highest BCUT2D eigenvalue weighted by Gasteiger charge is 2.08. The van der Waals surface area contributed by atoms with E-state index in [4.69, 9.17) is 5.73 Å². The third-order valence-corrected chi connectivity index (χ3v) is 2.73. The summed E-state index contributed by atoms with van der Waals surface area (Å²) in [6, 6.07) is 1.89. The van der Waals surface area contributed by atoms with E-state index in [2.05, 4.69) is 46.4 Å². The molecule has 3 aromatic heterocycles. The Morgan fingerprint density at radius 2 is 2.11 bits per heavy atom. The van der Waals surface area contributed by atoms with Gasteiger partial charge in [0, 0.05) is 10.7 Å². The summed E-state index contributed by atoms with van der Waals surface area (Å²) in [5.74, 6) is 0.767. The van der Waals surface area contributed by atoms with Gasteiger partial charge in [-0.05, 0) is 22.0 Å². The molecule has 0 fully saturated rings. The van der Waals surface area contributed by atoms with Crippen LogP contribution >= 0.6 is 15.9 Å². The zero-order chi connectivity index (χ0) is 12.5. The molecular formula is C10H8BrN7. The van der Waals surface area contributed by atoms with Crippen molar-refractivity contribution in [2.45, 2.75) is 0 Å². The van der Waals surface area contributed by atoms with Crippen molar-refractivity contribution in [2.75, 3.05) is 11.1 Å². The van der Waals surface area contributed by atoms with Gasteiger partial charge in [-0.15, -0.1) is 0 Å². The van der Waals surface area contributed by atoms with E-state index >= 15 is 0 Å². The van der Waals surface area contributed by atoms with Gasteiger partial charge in [0.15, 0.2) is 5.65 Å². The van der Waals surface area contributed by atoms with Crippen molar-refractivity contribution in [3.63, 3.8) is 0 Å². The van der Waals surface area contributed by atoms with Crippen LogP contribution in [0.3, 0.4) is 0 Å². The number of aromatic nitrogens is 5. The van der Waals surface area contributed by atoms with Gasteiger partial charge in [-0.3, -0.25) is 10.1 Å². The van der Waals surface area contributed by atoms with Gasteiger partial charge in [0.2, 0.25) is 5.95 Å². The molecule has 0 bridgehead atoms. The predicted octanol–water partition coefficient (Wildman–Crippen LogP) is 1.84. The highest BCUT2D eigenvalue weighted by atomic mass is 79.9. The van der Waals surface area contributed by atoms with Crippen LogP contribution in [0, 0.1) is 0 Å². The molecule has 90 valence electrons. The molecule has 18 heavy (non-hydrogen) atoms. The minimum Gasteiger partial charge on any atom is -0.368 e. The Hall–Kier alpha value is -2.22. The molecule has 0 saturated carbocycles. The SMILES string of the molecule is Nc1nc(Nc2cncc(Br)c2)c2cn[nH]c2n1. The van der Waals surface area contributed by atoms with Crippen LogP contribution in [0.15, 0.2) is 29.1 Å². The van der Waals surface area contributed by atoms with Gasteiger partial charge in [0.05, 0.1) is 23.5 Å². The maximum absolute atomic E-state index is 5.63. The smallest absolute Gasteiger partial charge is 0.224 e. The number of nitrogens with two attached hydrogens (primary N) is 1. The van der Waals surface area contributed by atoms with E-state index in [0.717, 1.165) is 15.5 Å². The normalized spacial score (nSPS) is 10.7. The van der Waals surface area contributed by atoms with Crippen molar-refractivity contribution in [3.8, 4) is 0 Å². The first kappa shape index (κ1) is 10.9. The summed E-state index contributed by atoms with van der Waals surface area (Å²) in [5, 5.41) is 10.6. The average molecular weight is 306 g/mol. The Morgan fingerprint density at radius 1 is 1.22 bits per heavy atom. The number of hydrogen-bond donors (Lipinski definition) is 3. The van der Waals surface area contributed by atoms with Gasteiger partial charge < -0.3 is 11.1 Å². The van der Waals surface area contributed by atoms with E-state index in [-0.39, 0.29) is 5.95 Å². The number of fused-ring (bicyclic) bond motifs is 1. The molecule has 3 aromatic rings. The number of nitrogens with zero attached hydrogens (tertiary/aromatic N) is 4. The van der Waals surface area contributed by atoms with E-state index in [1.807, 2.05) is 6.07 Å². The number of nitrogens with one attached hydrogen (secondary N) is 2. The van der Waals surface area contributed by atoms with Gasteiger partial charge in [0.25, 0.3) is 0 Å². The number of pyridine rings is 1. The Morgan fingerprint density at radius 3 is 2.94 bits per heavy atom. The molecule has 0 aliphatic carbocycles. The lowest BCUT2D eigenvalue weighted by atomic mass is 10.3. The fourth-order valence-electron chi connectivity index (χ4n) is 1.56. The first-order chi connectivity index (χ1) is 8.72. The number of rotatable bonds is 2. The largest absolute Gasteiger partial charge is 0.368 e. The number of halogens is 1. The maximum atomic E-state index is 5.63. The van der Waals surface area contributed by atoms with Crippen LogP contribution < -0.4 is 11.1 Å². The molecule has 0 aliphatic rings. The second-order valence-electron chi connectivity index (χ2n) is 3.58. The minimum atomic E-state index is 0.178. The second-order valence-corrected chi connectivity index (χ2v) is 4.50. The van der Waals surface area contributed by atoms with E-state index in [1.165, 1.54) is 0 Å². The minimum absolute atomic E-state index is 0.178. The summed E-state index contributed by atoms with van der Waals surface area (Å²) in [5.41, 5.74) is 7.02. The standard InChI is InChI=1S/C10H8BrN7/c11-5-1-6(3-13-2-5)15-8-7-4-14-18-9(7)17-10(12)16-8/h1-4H,(H4,12,14,15,16,17,18). The zero-order valence-corrected chi connectivity index (χ0v) is 10.6. The molecule has 0 radical (unpaired) electrons. The van der Waals surface area contributed by atoms with E-state index in [9.17, 15) is 0 Å². The number of H-pyrrole nitrogens is 1. The van der Waals surface area contributed by atoms with Crippen LogP contribution in [-0.2, 0) is 0 Å². The van der Waals surface area contributed by atoms with Crippen LogP contribution in [-0.4, -0.2) is 25.1 Å². The van der Waals surface area contributed by atoms with Gasteiger partial charge in [0.1, 0.15) is 5.82 Å². The van der Waals surface area contributed by atoms with E-state index in [0.29, 0.717) is 11.5 Å². The Bertz CT molecular complexity index is 708. The summed E-state index contributed by atoms with van der Waals surface area (Å²) in [6.45, 7) is 0. The molecule has 0 unspecified atom stereocenters. The third kappa shape index (κ3) is 1.97. The topological polar surface area (TPSA) is 105 Å². The lowest BCUT2D eigenvalue weighted by molar-refractivity contribution is 1.09. The monoisotopic (exact) mass is 305 g/mol. The molecule has 8 heteroatoms. The van der Waals surface area contributed by atoms with Crippen molar-refractivity contribution in [2.24, 2.45) is 0 Å². The van der Waals surface area contributed by atoms with Gasteiger partial charge in [-0.1, -0.05) is 0 Å². The average Bonchev–Trinajstić information content (AvgIpc) is 2.77. The quantitative estimate of drug-likeness (QED) is 0.667. The summed E-state index contributed by atoms with van der Waals surface area (Å²) < 4.78 is 0.873. The molecule has 0 aliphatic heterocycles. The molecular weight excluding hydrogens is 298 g/mol. The Kier molecular flexibility index (Phi) is 2.56. The van der Waals surface area contributed by atoms with Crippen molar-refractivity contribution in [1.82, 2.24) is 25.1 Å². The van der Waals surface area contributed by atoms with Crippen molar-refractivity contribution in [3.05, 3.63) is 29.1 Å². The molecule has 3 rings (SSSR count). The number of nitrogen functional groups attached to an aromatic ring is 1. The Balaban J connectivity index is 2.06. The summed E-state index contributed by atoms with van der Waals surface area (Å²) in [6.07, 6.45) is 5.03. The predicted molar refractivity (Wildman–Crippen MR) is 71.3 cm³/mol. The Labute approximate surface area is 110 Å². The fourth-order valence-corrected chi connectivity index (χ4v) is 1.93. The van der Waals surface area contributed by atoms with Crippen LogP contribution in [0.2, 0.25) is 0 Å². The first-order valence-electron chi connectivity index (χ1n) is 5.06. The molecule has 0 spiro atoms. The molecule has 0 aromatic carbocycles. The van der Waals surface area contributed by atoms with Crippen molar-refractivity contribution in [1.29, 1.82) is 0 Å². The number of hydrogen-bond acceptors (Lipinski definition) is 6. The van der Waals surface area contributed by atoms with Gasteiger partial charge >= 0.3 is 0 Å². The van der Waals surface area contributed by atoms with Crippen molar-refractivity contribution < 1.29 is 0 Å². The number of aromatic amines is 1. The third-order valence-electron chi connectivity index (χ3n) is 2.29. The summed E-state index contributed by atoms with van der Waals surface area (Å²) in [7, 11) is 0. The highest BCUT2D eigenvalue weighted by molar-refractivity contribution is 9.10. The lowest BCUT2D eigenvalue weighted by Crippen LogP contribution is -2.01.